The molecule has 8 heteroatoms. The molecule has 0 radical (unpaired) electrons. The Balaban J connectivity index is 1.94. The molecule has 2 N–H and O–H groups in total. The molecule has 0 fully saturated rings. The Hall–Kier alpha value is -3.10. The largest absolute Gasteiger partial charge is 0.497 e. The van der Waals surface area contributed by atoms with E-state index in [4.69, 9.17) is 17.0 Å². The van der Waals surface area contributed by atoms with Crippen molar-refractivity contribution < 1.29 is 9.84 Å². The second kappa shape index (κ2) is 7.73. The Kier molecular flexibility index (Phi) is 5.12. The van der Waals surface area contributed by atoms with E-state index >= 15 is 0 Å². The van der Waals surface area contributed by atoms with E-state index in [0.29, 0.717) is 22.6 Å². The molecule has 1 aliphatic rings. The van der Waals surface area contributed by atoms with Gasteiger partial charge >= 0.3 is 0 Å². The third-order valence-electron chi connectivity index (χ3n) is 5.21. The third kappa shape index (κ3) is 3.30. The summed E-state index contributed by atoms with van der Waals surface area (Å²) in [7, 11) is 1.63. The van der Waals surface area contributed by atoms with Crippen molar-refractivity contribution in [3.05, 3.63) is 69.7 Å². The summed E-state index contributed by atoms with van der Waals surface area (Å²) in [6.07, 6.45) is 3.28. The molecule has 0 saturated carbocycles. The molecular weight excluding hydrogens is 388 g/mol. The van der Waals surface area contributed by atoms with Crippen molar-refractivity contribution in [2.45, 2.75) is 19.4 Å². The number of nitrogens with zero attached hydrogens (tertiary/aromatic N) is 3. The SMILES string of the molecule is CC[C@H]1C=C(c2n[nH]c(=S)n2-c2cccc3cc(OC)ccc23)C(N=O)=CC1O. The number of H-pyrrole nitrogens is 1. The number of nitrogens with one attached hydrogen (secondary N) is 1. The van der Waals surface area contributed by atoms with Crippen molar-refractivity contribution in [1.82, 2.24) is 14.8 Å². The van der Waals surface area contributed by atoms with Crippen LogP contribution in [-0.4, -0.2) is 33.1 Å². The number of nitroso groups, excluding NO2 is 1. The first kappa shape index (κ1) is 19.2. The second-order valence-corrected chi connectivity index (χ2v) is 7.22. The number of aromatic amines is 1. The number of aliphatic hydroxyl groups excluding tert-OH is 1. The van der Waals surface area contributed by atoms with Gasteiger partial charge in [-0.25, -0.2) is 0 Å². The third-order valence-corrected chi connectivity index (χ3v) is 5.49. The summed E-state index contributed by atoms with van der Waals surface area (Å²) >= 11 is 5.51. The molecule has 2 atom stereocenters. The molecule has 0 saturated heterocycles. The fourth-order valence-corrected chi connectivity index (χ4v) is 3.90. The van der Waals surface area contributed by atoms with Crippen molar-refractivity contribution in [3.8, 4) is 11.4 Å². The van der Waals surface area contributed by atoms with Crippen LogP contribution in [0.1, 0.15) is 19.2 Å². The fraction of sp³-hybridized carbons (Fsp3) is 0.238. The maximum absolute atomic E-state index is 11.5. The van der Waals surface area contributed by atoms with Crippen molar-refractivity contribution in [2.24, 2.45) is 11.1 Å². The molecule has 4 rings (SSSR count). The summed E-state index contributed by atoms with van der Waals surface area (Å²) in [6.45, 7) is 1.98. The minimum atomic E-state index is -0.753. The van der Waals surface area contributed by atoms with Crippen LogP contribution in [0, 0.1) is 15.6 Å². The molecule has 0 aliphatic heterocycles. The zero-order valence-corrected chi connectivity index (χ0v) is 16.8. The van der Waals surface area contributed by atoms with Gasteiger partial charge in [0.1, 0.15) is 11.4 Å². The van der Waals surface area contributed by atoms with Crippen LogP contribution >= 0.6 is 12.2 Å². The molecule has 0 spiro atoms. The quantitative estimate of drug-likeness (QED) is 0.478. The van der Waals surface area contributed by atoms with Gasteiger partial charge in [0, 0.05) is 16.9 Å². The topological polar surface area (TPSA) is 92.5 Å². The number of hydrogen-bond donors (Lipinski definition) is 2. The number of aliphatic hydroxyl groups is 1. The molecule has 1 aromatic heterocycles. The highest BCUT2D eigenvalue weighted by Crippen LogP contribution is 2.34. The highest BCUT2D eigenvalue weighted by molar-refractivity contribution is 7.71. The van der Waals surface area contributed by atoms with Gasteiger partial charge in [-0.15, -0.1) is 4.91 Å². The van der Waals surface area contributed by atoms with Gasteiger partial charge in [0.15, 0.2) is 10.6 Å². The van der Waals surface area contributed by atoms with Gasteiger partial charge in [0.05, 0.1) is 18.9 Å². The van der Waals surface area contributed by atoms with E-state index < -0.39 is 6.10 Å². The van der Waals surface area contributed by atoms with Crippen LogP contribution in [0.15, 0.2) is 59.4 Å². The average Bonchev–Trinajstić information content (AvgIpc) is 3.13. The van der Waals surface area contributed by atoms with Crippen LogP contribution < -0.4 is 4.74 Å². The van der Waals surface area contributed by atoms with Crippen molar-refractivity contribution in [2.75, 3.05) is 7.11 Å². The highest BCUT2D eigenvalue weighted by Gasteiger charge is 2.27. The molecule has 2 aromatic carbocycles. The first-order valence-electron chi connectivity index (χ1n) is 9.27. The van der Waals surface area contributed by atoms with Crippen LogP contribution in [0.3, 0.4) is 0 Å². The molecule has 0 amide bonds. The van der Waals surface area contributed by atoms with Crippen molar-refractivity contribution in [3.63, 3.8) is 0 Å². The molecular formula is C21H20N4O3S. The Labute approximate surface area is 172 Å². The van der Waals surface area contributed by atoms with Crippen LogP contribution in [0.25, 0.3) is 22.0 Å². The van der Waals surface area contributed by atoms with Gasteiger partial charge < -0.3 is 9.84 Å². The summed E-state index contributed by atoms with van der Waals surface area (Å²) in [5.74, 6) is 1.11. The second-order valence-electron chi connectivity index (χ2n) is 6.84. The van der Waals surface area contributed by atoms with Crippen molar-refractivity contribution >= 4 is 28.6 Å². The lowest BCUT2D eigenvalue weighted by molar-refractivity contribution is 0.172. The van der Waals surface area contributed by atoms with Crippen LogP contribution in [0.2, 0.25) is 0 Å². The Morgan fingerprint density at radius 3 is 2.86 bits per heavy atom. The Bertz CT molecular complexity index is 1210. The number of benzene rings is 2. The normalized spacial score (nSPS) is 19.0. The maximum atomic E-state index is 11.5. The predicted molar refractivity (Wildman–Crippen MR) is 114 cm³/mol. The predicted octanol–water partition coefficient (Wildman–Crippen LogP) is 4.53. The molecule has 29 heavy (non-hydrogen) atoms. The molecule has 148 valence electrons. The summed E-state index contributed by atoms with van der Waals surface area (Å²) < 4.78 is 7.51. The van der Waals surface area contributed by atoms with E-state index in [1.54, 1.807) is 11.7 Å². The smallest absolute Gasteiger partial charge is 0.200 e. The molecule has 0 bridgehead atoms. The number of rotatable bonds is 5. The van der Waals surface area contributed by atoms with Crippen LogP contribution in [0.5, 0.6) is 5.75 Å². The first-order chi connectivity index (χ1) is 14.1. The number of hydrogen-bond acceptors (Lipinski definition) is 6. The molecule has 1 heterocycles. The maximum Gasteiger partial charge on any atom is 0.200 e. The van der Waals surface area contributed by atoms with E-state index in [1.807, 2.05) is 49.4 Å². The lowest BCUT2D eigenvalue weighted by Gasteiger charge is -2.22. The minimum absolute atomic E-state index is 0.133. The minimum Gasteiger partial charge on any atom is -0.497 e. The van der Waals surface area contributed by atoms with Gasteiger partial charge in [-0.05, 0) is 59.5 Å². The summed E-state index contributed by atoms with van der Waals surface area (Å²) in [5.41, 5.74) is 1.53. The van der Waals surface area contributed by atoms with Gasteiger partial charge in [-0.3, -0.25) is 9.67 Å². The number of aromatic nitrogens is 3. The van der Waals surface area contributed by atoms with E-state index in [2.05, 4.69) is 15.4 Å². The molecule has 3 aromatic rings. The monoisotopic (exact) mass is 408 g/mol. The number of fused-ring (bicyclic) bond motifs is 1. The van der Waals surface area contributed by atoms with Gasteiger partial charge in [-0.1, -0.05) is 25.1 Å². The lowest BCUT2D eigenvalue weighted by atomic mass is 9.89. The number of ether oxygens (including phenoxy) is 1. The summed E-state index contributed by atoms with van der Waals surface area (Å²) in [4.78, 5) is 11.5. The van der Waals surface area contributed by atoms with E-state index in [-0.39, 0.29) is 11.6 Å². The fourth-order valence-electron chi connectivity index (χ4n) is 3.67. The number of methoxy groups -OCH3 is 1. The Morgan fingerprint density at radius 2 is 2.14 bits per heavy atom. The van der Waals surface area contributed by atoms with Gasteiger partial charge in [0.2, 0.25) is 0 Å². The average molecular weight is 408 g/mol. The summed E-state index contributed by atoms with van der Waals surface area (Å²) in [6, 6.07) is 11.7. The van der Waals surface area contributed by atoms with E-state index in [9.17, 15) is 10.0 Å². The zero-order chi connectivity index (χ0) is 20.5. The van der Waals surface area contributed by atoms with Crippen molar-refractivity contribution in [1.29, 1.82) is 0 Å². The molecule has 7 nitrogen and oxygen atoms in total. The van der Waals surface area contributed by atoms with Crippen LogP contribution in [-0.2, 0) is 0 Å². The van der Waals surface area contributed by atoms with Crippen LogP contribution in [0.4, 0.5) is 0 Å². The number of allylic oxidation sites excluding steroid dienone is 1. The molecule has 1 unspecified atom stereocenters. The van der Waals surface area contributed by atoms with Gasteiger partial charge in [0.25, 0.3) is 0 Å². The van der Waals surface area contributed by atoms with E-state index in [0.717, 1.165) is 22.2 Å². The van der Waals surface area contributed by atoms with Gasteiger partial charge in [-0.2, -0.15) is 5.10 Å². The standard InChI is InChI=1S/C21H20N4O3S/c1-3-12-10-16(17(24-27)11-19(12)26)20-22-23-21(29)25(20)18-6-4-5-13-9-14(28-2)7-8-15(13)18/h4-12,19,26H,3H2,1-2H3,(H,23,29)/t12-,19?/m0/s1. The lowest BCUT2D eigenvalue weighted by Crippen LogP contribution is -2.20. The highest BCUT2D eigenvalue weighted by atomic mass is 32.1. The molecule has 1 aliphatic carbocycles. The Morgan fingerprint density at radius 1 is 1.31 bits per heavy atom. The zero-order valence-electron chi connectivity index (χ0n) is 16.0. The summed E-state index contributed by atoms with van der Waals surface area (Å²) in [5, 5.41) is 22.5. The first-order valence-corrected chi connectivity index (χ1v) is 9.68. The van der Waals surface area contributed by atoms with E-state index in [1.165, 1.54) is 6.08 Å².